The molecule has 2 N–H and O–H groups in total. The SMILES string of the molecule is C[C@@H](OC(=O)c1ccc(O)cc1)C(=O)Nc1cccc(Cl)c1Cl. The molecular formula is C16H13Cl2NO4. The highest BCUT2D eigenvalue weighted by Crippen LogP contribution is 2.29. The Morgan fingerprint density at radius 1 is 1.13 bits per heavy atom. The molecule has 0 radical (unpaired) electrons. The summed E-state index contributed by atoms with van der Waals surface area (Å²) in [4.78, 5) is 24.0. The van der Waals surface area contributed by atoms with Crippen LogP contribution < -0.4 is 5.32 Å². The molecule has 23 heavy (non-hydrogen) atoms. The molecule has 1 atom stereocenters. The van der Waals surface area contributed by atoms with Gasteiger partial charge in [-0.05, 0) is 43.3 Å². The lowest BCUT2D eigenvalue weighted by Gasteiger charge is -2.14. The topological polar surface area (TPSA) is 75.6 Å². The molecule has 7 heteroatoms. The number of hydrogen-bond acceptors (Lipinski definition) is 4. The first kappa shape index (κ1) is 17.1. The molecule has 0 aliphatic rings. The summed E-state index contributed by atoms with van der Waals surface area (Å²) >= 11 is 11.8. The van der Waals surface area contributed by atoms with Crippen molar-refractivity contribution in [2.45, 2.75) is 13.0 Å². The zero-order chi connectivity index (χ0) is 17.0. The van der Waals surface area contributed by atoms with Crippen molar-refractivity contribution in [3.63, 3.8) is 0 Å². The number of rotatable bonds is 4. The molecular weight excluding hydrogens is 341 g/mol. The van der Waals surface area contributed by atoms with Crippen LogP contribution in [0.25, 0.3) is 0 Å². The molecule has 0 bridgehead atoms. The number of halogens is 2. The van der Waals surface area contributed by atoms with Gasteiger partial charge in [0.05, 0.1) is 21.3 Å². The first-order chi connectivity index (χ1) is 10.9. The Morgan fingerprint density at radius 3 is 2.43 bits per heavy atom. The average molecular weight is 354 g/mol. The summed E-state index contributed by atoms with van der Waals surface area (Å²) in [5.74, 6) is -1.19. The summed E-state index contributed by atoms with van der Waals surface area (Å²) < 4.78 is 5.07. The van der Waals surface area contributed by atoms with Gasteiger partial charge in [-0.25, -0.2) is 4.79 Å². The van der Waals surface area contributed by atoms with E-state index in [9.17, 15) is 14.7 Å². The van der Waals surface area contributed by atoms with Crippen LogP contribution in [0.3, 0.4) is 0 Å². The Balaban J connectivity index is 2.01. The highest BCUT2D eigenvalue weighted by molar-refractivity contribution is 6.44. The van der Waals surface area contributed by atoms with Crippen molar-refractivity contribution >= 4 is 40.8 Å². The van der Waals surface area contributed by atoms with Gasteiger partial charge in [-0.2, -0.15) is 0 Å². The van der Waals surface area contributed by atoms with E-state index in [1.54, 1.807) is 18.2 Å². The number of nitrogens with one attached hydrogen (secondary N) is 1. The lowest BCUT2D eigenvalue weighted by Crippen LogP contribution is -2.30. The summed E-state index contributed by atoms with van der Waals surface area (Å²) in [5, 5.41) is 12.2. The number of amides is 1. The predicted molar refractivity (Wildman–Crippen MR) is 88.1 cm³/mol. The number of hydrogen-bond donors (Lipinski definition) is 2. The molecule has 2 rings (SSSR count). The number of ether oxygens (including phenoxy) is 1. The van der Waals surface area contributed by atoms with E-state index in [0.717, 1.165) is 0 Å². The van der Waals surface area contributed by atoms with Crippen molar-refractivity contribution in [2.24, 2.45) is 0 Å². The smallest absolute Gasteiger partial charge is 0.338 e. The predicted octanol–water partition coefficient (Wildman–Crippen LogP) is 3.88. The maximum absolute atomic E-state index is 12.1. The highest BCUT2D eigenvalue weighted by Gasteiger charge is 2.20. The van der Waals surface area contributed by atoms with Gasteiger partial charge in [0.1, 0.15) is 5.75 Å². The second kappa shape index (κ2) is 7.35. The van der Waals surface area contributed by atoms with Crippen molar-refractivity contribution < 1.29 is 19.4 Å². The molecule has 0 aliphatic heterocycles. The first-order valence-electron chi connectivity index (χ1n) is 6.63. The van der Waals surface area contributed by atoms with Crippen LogP contribution in [-0.4, -0.2) is 23.1 Å². The second-order valence-corrected chi connectivity index (χ2v) is 5.47. The number of phenols is 1. The van der Waals surface area contributed by atoms with Gasteiger partial charge in [0.15, 0.2) is 6.10 Å². The number of aromatic hydroxyl groups is 1. The zero-order valence-electron chi connectivity index (χ0n) is 12.0. The standard InChI is InChI=1S/C16H13Cl2NO4/c1-9(23-16(22)10-5-7-11(20)8-6-10)15(21)19-13-4-2-3-12(17)14(13)18/h2-9,20H,1H3,(H,19,21)/t9-/m1/s1. The van der Waals surface area contributed by atoms with E-state index in [4.69, 9.17) is 27.9 Å². The molecule has 2 aromatic carbocycles. The van der Waals surface area contributed by atoms with Crippen LogP contribution in [0.1, 0.15) is 17.3 Å². The van der Waals surface area contributed by atoms with Crippen LogP contribution >= 0.6 is 23.2 Å². The lowest BCUT2D eigenvalue weighted by atomic mass is 10.2. The van der Waals surface area contributed by atoms with Crippen LogP contribution in [0, 0.1) is 0 Å². The number of phenolic OH excluding ortho intramolecular Hbond substituents is 1. The van der Waals surface area contributed by atoms with E-state index in [1.165, 1.54) is 31.2 Å². The minimum absolute atomic E-state index is 0.0305. The monoisotopic (exact) mass is 353 g/mol. The number of carbonyl (C=O) groups excluding carboxylic acids is 2. The van der Waals surface area contributed by atoms with Gasteiger partial charge in [0.2, 0.25) is 0 Å². The Morgan fingerprint density at radius 2 is 1.78 bits per heavy atom. The van der Waals surface area contributed by atoms with Crippen LogP contribution in [0.4, 0.5) is 5.69 Å². The molecule has 5 nitrogen and oxygen atoms in total. The van der Waals surface area contributed by atoms with Crippen molar-refractivity contribution in [1.29, 1.82) is 0 Å². The van der Waals surface area contributed by atoms with Crippen molar-refractivity contribution in [1.82, 2.24) is 0 Å². The third kappa shape index (κ3) is 4.37. The zero-order valence-corrected chi connectivity index (χ0v) is 13.6. The van der Waals surface area contributed by atoms with Crippen LogP contribution in [-0.2, 0) is 9.53 Å². The lowest BCUT2D eigenvalue weighted by molar-refractivity contribution is -0.123. The Labute approximate surface area is 142 Å². The molecule has 120 valence electrons. The highest BCUT2D eigenvalue weighted by atomic mass is 35.5. The summed E-state index contributed by atoms with van der Waals surface area (Å²) in [6, 6.07) is 10.3. The molecule has 0 spiro atoms. The third-order valence-corrected chi connectivity index (χ3v) is 3.78. The number of benzene rings is 2. The van der Waals surface area contributed by atoms with E-state index >= 15 is 0 Å². The van der Waals surface area contributed by atoms with E-state index in [1.807, 2.05) is 0 Å². The van der Waals surface area contributed by atoms with Gasteiger partial charge in [-0.1, -0.05) is 29.3 Å². The molecule has 0 fully saturated rings. The molecule has 0 saturated carbocycles. The summed E-state index contributed by atoms with van der Waals surface area (Å²) in [7, 11) is 0. The molecule has 0 heterocycles. The summed E-state index contributed by atoms with van der Waals surface area (Å²) in [6.07, 6.45) is -1.04. The Hall–Kier alpha value is -2.24. The van der Waals surface area contributed by atoms with Gasteiger partial charge in [0, 0.05) is 0 Å². The fraction of sp³-hybridized carbons (Fsp3) is 0.125. The van der Waals surface area contributed by atoms with E-state index in [0.29, 0.717) is 10.7 Å². The van der Waals surface area contributed by atoms with Crippen LogP contribution in [0.2, 0.25) is 10.0 Å². The number of carbonyl (C=O) groups is 2. The van der Waals surface area contributed by atoms with Crippen molar-refractivity contribution in [2.75, 3.05) is 5.32 Å². The van der Waals surface area contributed by atoms with E-state index in [-0.39, 0.29) is 16.3 Å². The summed E-state index contributed by atoms with van der Waals surface area (Å²) in [5.41, 5.74) is 0.555. The molecule has 0 saturated heterocycles. The van der Waals surface area contributed by atoms with Crippen LogP contribution in [0.15, 0.2) is 42.5 Å². The fourth-order valence-electron chi connectivity index (χ4n) is 1.71. The van der Waals surface area contributed by atoms with Gasteiger partial charge in [0.25, 0.3) is 5.91 Å². The maximum Gasteiger partial charge on any atom is 0.338 e. The average Bonchev–Trinajstić information content (AvgIpc) is 2.52. The minimum atomic E-state index is -1.04. The normalized spacial score (nSPS) is 11.6. The molecule has 0 unspecified atom stereocenters. The maximum atomic E-state index is 12.1. The fourth-order valence-corrected chi connectivity index (χ4v) is 2.06. The van der Waals surface area contributed by atoms with Gasteiger partial charge >= 0.3 is 5.97 Å². The van der Waals surface area contributed by atoms with Crippen molar-refractivity contribution in [3.05, 3.63) is 58.1 Å². The van der Waals surface area contributed by atoms with Crippen molar-refractivity contribution in [3.8, 4) is 5.75 Å². The number of esters is 1. The molecule has 1 amide bonds. The first-order valence-corrected chi connectivity index (χ1v) is 7.39. The largest absolute Gasteiger partial charge is 0.508 e. The second-order valence-electron chi connectivity index (χ2n) is 4.69. The third-order valence-electron chi connectivity index (χ3n) is 2.97. The van der Waals surface area contributed by atoms with Gasteiger partial charge in [-0.3, -0.25) is 4.79 Å². The Bertz CT molecular complexity index is 731. The quantitative estimate of drug-likeness (QED) is 0.817. The minimum Gasteiger partial charge on any atom is -0.508 e. The van der Waals surface area contributed by atoms with Crippen LogP contribution in [0.5, 0.6) is 5.75 Å². The molecule has 0 aromatic heterocycles. The van der Waals surface area contributed by atoms with Gasteiger partial charge in [-0.15, -0.1) is 0 Å². The summed E-state index contributed by atoms with van der Waals surface area (Å²) in [6.45, 7) is 1.44. The van der Waals surface area contributed by atoms with E-state index in [2.05, 4.69) is 5.32 Å². The molecule has 2 aromatic rings. The Kier molecular flexibility index (Phi) is 5.47. The van der Waals surface area contributed by atoms with Gasteiger partial charge < -0.3 is 15.2 Å². The number of anilines is 1. The molecule has 0 aliphatic carbocycles. The van der Waals surface area contributed by atoms with E-state index < -0.39 is 18.0 Å².